The van der Waals surface area contributed by atoms with Gasteiger partial charge in [-0.05, 0) is 44.6 Å². The lowest BCUT2D eigenvalue weighted by Crippen LogP contribution is -2.21. The van der Waals surface area contributed by atoms with Crippen LogP contribution in [0.3, 0.4) is 0 Å². The molecular weight excluding hydrogens is 276 g/mol. The molecule has 0 amide bonds. The summed E-state index contributed by atoms with van der Waals surface area (Å²) in [6, 6.07) is 0. The Kier molecular flexibility index (Phi) is 14.7. The second-order valence-corrected chi connectivity index (χ2v) is 5.22. The molecule has 0 aromatic rings. The number of carbonyl (C=O) groups is 1. The topological polar surface area (TPSA) is 46.5 Å². The fraction of sp³-hybridized carbons (Fsp3) is 0.632. The van der Waals surface area contributed by atoms with Gasteiger partial charge in [0, 0.05) is 13.5 Å². The predicted octanol–water partition coefficient (Wildman–Crippen LogP) is 4.73. The van der Waals surface area contributed by atoms with Crippen LogP contribution < -0.4 is 0 Å². The first-order valence-corrected chi connectivity index (χ1v) is 8.26. The third kappa shape index (κ3) is 13.5. The molecule has 0 saturated heterocycles. The number of hydrogen-bond donors (Lipinski definition) is 1. The smallest absolute Gasteiger partial charge is 0.332 e. The van der Waals surface area contributed by atoms with Crippen LogP contribution >= 0.6 is 0 Å². The molecule has 0 heterocycles. The van der Waals surface area contributed by atoms with Crippen molar-refractivity contribution < 1.29 is 14.6 Å². The molecule has 0 aliphatic carbocycles. The molecule has 1 atom stereocenters. The van der Waals surface area contributed by atoms with E-state index in [0.717, 1.165) is 25.7 Å². The maximum Gasteiger partial charge on any atom is 0.332 e. The molecule has 0 unspecified atom stereocenters. The molecule has 124 valence electrons. The van der Waals surface area contributed by atoms with Gasteiger partial charge in [0.25, 0.3) is 0 Å². The molecule has 0 spiro atoms. The highest BCUT2D eigenvalue weighted by Gasteiger charge is 2.14. The highest BCUT2D eigenvalue weighted by atomic mass is 16.5. The molecule has 0 aromatic heterocycles. The minimum Gasteiger partial charge on any atom is -0.479 e. The maximum atomic E-state index is 10.7. The zero-order valence-electron chi connectivity index (χ0n) is 14.0. The maximum absolute atomic E-state index is 10.7. The Hall–Kier alpha value is -1.53. The summed E-state index contributed by atoms with van der Waals surface area (Å²) in [7, 11) is 1.43. The van der Waals surface area contributed by atoms with Gasteiger partial charge in [-0.25, -0.2) is 4.79 Å². The quantitative estimate of drug-likeness (QED) is 0.322. The van der Waals surface area contributed by atoms with Gasteiger partial charge in [0.1, 0.15) is 0 Å². The number of methoxy groups -OCH3 is 1. The van der Waals surface area contributed by atoms with Crippen molar-refractivity contribution in [3.05, 3.63) is 24.3 Å². The van der Waals surface area contributed by atoms with Crippen molar-refractivity contribution in [2.24, 2.45) is 0 Å². The number of carboxylic acid groups (broad SMARTS) is 1. The van der Waals surface area contributed by atoms with E-state index in [4.69, 9.17) is 9.84 Å². The summed E-state index contributed by atoms with van der Waals surface area (Å²) >= 11 is 0. The van der Waals surface area contributed by atoms with Crippen molar-refractivity contribution in [1.29, 1.82) is 0 Å². The summed E-state index contributed by atoms with van der Waals surface area (Å²) in [6.07, 6.45) is 16.7. The van der Waals surface area contributed by atoms with Gasteiger partial charge in [-0.15, -0.1) is 0 Å². The zero-order valence-corrected chi connectivity index (χ0v) is 14.0. The van der Waals surface area contributed by atoms with Gasteiger partial charge in [-0.3, -0.25) is 0 Å². The molecule has 1 N–H and O–H groups in total. The van der Waals surface area contributed by atoms with Crippen molar-refractivity contribution in [1.82, 2.24) is 0 Å². The second kappa shape index (κ2) is 15.9. The van der Waals surface area contributed by atoms with Crippen LogP contribution in [0.25, 0.3) is 0 Å². The summed E-state index contributed by atoms with van der Waals surface area (Å²) in [4.78, 5) is 10.7. The van der Waals surface area contributed by atoms with E-state index in [1.807, 2.05) is 12.2 Å². The Balaban J connectivity index is 3.56. The normalized spacial score (nSPS) is 12.5. The fourth-order valence-electron chi connectivity index (χ4n) is 1.94. The van der Waals surface area contributed by atoms with Crippen molar-refractivity contribution >= 4 is 5.97 Å². The van der Waals surface area contributed by atoms with Crippen LogP contribution in [0, 0.1) is 11.8 Å². The summed E-state index contributed by atoms with van der Waals surface area (Å²) < 4.78 is 4.87. The van der Waals surface area contributed by atoms with Crippen LogP contribution in [0.2, 0.25) is 0 Å². The lowest BCUT2D eigenvalue weighted by atomic mass is 10.1. The third-order valence-electron chi connectivity index (χ3n) is 3.28. The standard InChI is InChI=1S/C19H30O3/c1-3-4-5-6-7-8-9-10-11-12-13-14-15-16-17-18(22-2)19(20)21/h7-8,13-14,18H,3-6,9-10,15-17H2,1-2H3,(H,20,21)/b8-7+,14-13+/t18-/m0/s1. The van der Waals surface area contributed by atoms with Crippen LogP contribution in [0.5, 0.6) is 0 Å². The lowest BCUT2D eigenvalue weighted by molar-refractivity contribution is -0.148. The Morgan fingerprint density at radius 2 is 1.86 bits per heavy atom. The molecule has 0 radical (unpaired) electrons. The number of allylic oxidation sites excluding steroid dienone is 4. The van der Waals surface area contributed by atoms with E-state index >= 15 is 0 Å². The Bertz CT molecular complexity index is 385. The monoisotopic (exact) mass is 306 g/mol. The molecule has 3 heteroatoms. The van der Waals surface area contributed by atoms with Crippen LogP contribution in [0.1, 0.15) is 64.7 Å². The first-order chi connectivity index (χ1) is 10.7. The average Bonchev–Trinajstić information content (AvgIpc) is 2.51. The Labute approximate surface area is 135 Å². The van der Waals surface area contributed by atoms with Crippen LogP contribution in [0.4, 0.5) is 0 Å². The number of ether oxygens (including phenoxy) is 1. The minimum atomic E-state index is -0.894. The first-order valence-electron chi connectivity index (χ1n) is 8.26. The first kappa shape index (κ1) is 20.5. The number of rotatable bonds is 12. The third-order valence-corrected chi connectivity index (χ3v) is 3.28. The van der Waals surface area contributed by atoms with E-state index < -0.39 is 12.1 Å². The largest absolute Gasteiger partial charge is 0.479 e. The summed E-state index contributed by atoms with van der Waals surface area (Å²) in [6.45, 7) is 2.22. The molecule has 0 rings (SSSR count). The Morgan fingerprint density at radius 3 is 2.55 bits per heavy atom. The molecule has 0 aliphatic heterocycles. The summed E-state index contributed by atoms with van der Waals surface area (Å²) in [5.41, 5.74) is 0. The van der Waals surface area contributed by atoms with Gasteiger partial charge in [-0.2, -0.15) is 0 Å². The number of hydrogen-bond acceptors (Lipinski definition) is 2. The van der Waals surface area contributed by atoms with Crippen molar-refractivity contribution in [3.8, 4) is 11.8 Å². The number of unbranched alkanes of at least 4 members (excludes halogenated alkanes) is 5. The molecule has 22 heavy (non-hydrogen) atoms. The molecule has 3 nitrogen and oxygen atoms in total. The predicted molar refractivity (Wildman–Crippen MR) is 91.7 cm³/mol. The SMILES string of the molecule is CCCCC/C=C/CCC#C/C=C/CCC[C@H](OC)C(=O)O. The van der Waals surface area contributed by atoms with Crippen molar-refractivity contribution in [2.75, 3.05) is 7.11 Å². The van der Waals surface area contributed by atoms with E-state index in [1.54, 1.807) is 0 Å². The highest BCUT2D eigenvalue weighted by Crippen LogP contribution is 2.05. The number of carboxylic acids is 1. The van der Waals surface area contributed by atoms with E-state index in [2.05, 4.69) is 30.9 Å². The van der Waals surface area contributed by atoms with Gasteiger partial charge < -0.3 is 9.84 Å². The van der Waals surface area contributed by atoms with Crippen LogP contribution in [0.15, 0.2) is 24.3 Å². The van der Waals surface area contributed by atoms with E-state index in [0.29, 0.717) is 6.42 Å². The van der Waals surface area contributed by atoms with Gasteiger partial charge in [0.05, 0.1) is 0 Å². The summed E-state index contributed by atoms with van der Waals surface area (Å²) in [5, 5.41) is 8.81. The van der Waals surface area contributed by atoms with E-state index in [-0.39, 0.29) is 0 Å². The van der Waals surface area contributed by atoms with Gasteiger partial charge >= 0.3 is 5.97 Å². The lowest BCUT2D eigenvalue weighted by Gasteiger charge is -2.08. The van der Waals surface area contributed by atoms with Crippen molar-refractivity contribution in [3.63, 3.8) is 0 Å². The average molecular weight is 306 g/mol. The van der Waals surface area contributed by atoms with E-state index in [1.165, 1.54) is 32.8 Å². The highest BCUT2D eigenvalue weighted by molar-refractivity contribution is 5.72. The van der Waals surface area contributed by atoms with Crippen LogP contribution in [-0.2, 0) is 9.53 Å². The summed E-state index contributed by atoms with van der Waals surface area (Å²) in [5.74, 6) is 5.22. The number of aliphatic carboxylic acids is 1. The fourth-order valence-corrected chi connectivity index (χ4v) is 1.94. The minimum absolute atomic E-state index is 0.534. The molecule has 0 saturated carbocycles. The van der Waals surface area contributed by atoms with Crippen molar-refractivity contribution in [2.45, 2.75) is 70.8 Å². The van der Waals surface area contributed by atoms with Gasteiger partial charge in [0.15, 0.2) is 6.10 Å². The van der Waals surface area contributed by atoms with Gasteiger partial charge in [0.2, 0.25) is 0 Å². The van der Waals surface area contributed by atoms with Crippen LogP contribution in [-0.4, -0.2) is 24.3 Å². The Morgan fingerprint density at radius 1 is 1.14 bits per heavy atom. The molecular formula is C19H30O3. The van der Waals surface area contributed by atoms with E-state index in [9.17, 15) is 4.79 Å². The molecule has 0 aliphatic rings. The second-order valence-electron chi connectivity index (χ2n) is 5.22. The molecule has 0 aromatic carbocycles. The zero-order chi connectivity index (χ0) is 16.5. The molecule has 0 bridgehead atoms. The molecule has 0 fully saturated rings. The van der Waals surface area contributed by atoms with Gasteiger partial charge in [-0.1, -0.05) is 49.8 Å².